The number of benzene rings is 1. The highest BCUT2D eigenvalue weighted by atomic mass is 16.5. The van der Waals surface area contributed by atoms with Gasteiger partial charge in [-0.15, -0.1) is 0 Å². The Morgan fingerprint density at radius 3 is 2.81 bits per heavy atom. The summed E-state index contributed by atoms with van der Waals surface area (Å²) in [6.07, 6.45) is 6.85. The van der Waals surface area contributed by atoms with Crippen LogP contribution in [0.4, 0.5) is 0 Å². The number of rotatable bonds is 6. The predicted octanol–water partition coefficient (Wildman–Crippen LogP) is 3.52. The van der Waals surface area contributed by atoms with Gasteiger partial charge in [-0.25, -0.2) is 0 Å². The zero-order valence-electron chi connectivity index (χ0n) is 13.2. The lowest BCUT2D eigenvalue weighted by molar-refractivity contribution is -0.0756. The lowest BCUT2D eigenvalue weighted by Gasteiger charge is -2.54. The maximum Gasteiger partial charge on any atom is 0.120 e. The first-order valence-electron chi connectivity index (χ1n) is 8.26. The minimum absolute atomic E-state index is 0.377. The third-order valence-electron chi connectivity index (χ3n) is 5.26. The molecule has 3 rings (SSSR count). The third-order valence-corrected chi connectivity index (χ3v) is 5.26. The topological polar surface area (TPSA) is 30.5 Å². The van der Waals surface area contributed by atoms with Crippen molar-refractivity contribution in [1.29, 1.82) is 0 Å². The average molecular weight is 289 g/mol. The van der Waals surface area contributed by atoms with Gasteiger partial charge in [-0.2, -0.15) is 0 Å². The molecule has 2 unspecified atom stereocenters. The highest BCUT2D eigenvalue weighted by Crippen LogP contribution is 2.54. The maximum absolute atomic E-state index is 6.36. The van der Waals surface area contributed by atoms with Crippen LogP contribution in [0.5, 0.6) is 5.75 Å². The smallest absolute Gasteiger partial charge is 0.120 e. The molecule has 116 valence electrons. The number of ether oxygens (including phenoxy) is 2. The quantitative estimate of drug-likeness (QED) is 0.869. The van der Waals surface area contributed by atoms with E-state index in [1.165, 1.54) is 31.2 Å². The van der Waals surface area contributed by atoms with E-state index in [0.29, 0.717) is 24.2 Å². The van der Waals surface area contributed by atoms with Gasteiger partial charge in [0.05, 0.1) is 6.61 Å². The van der Waals surface area contributed by atoms with Crippen LogP contribution in [0.2, 0.25) is 0 Å². The normalized spacial score (nSPS) is 26.8. The van der Waals surface area contributed by atoms with Crippen LogP contribution in [0.1, 0.15) is 44.6 Å². The van der Waals surface area contributed by atoms with E-state index in [-0.39, 0.29) is 0 Å². The van der Waals surface area contributed by atoms with Crippen LogP contribution in [-0.2, 0) is 11.3 Å². The Kier molecular flexibility index (Phi) is 4.51. The number of hydrogen-bond donors (Lipinski definition) is 1. The molecular weight excluding hydrogens is 262 g/mol. The van der Waals surface area contributed by atoms with Gasteiger partial charge < -0.3 is 14.8 Å². The van der Waals surface area contributed by atoms with Crippen molar-refractivity contribution >= 4 is 0 Å². The van der Waals surface area contributed by atoms with Gasteiger partial charge >= 0.3 is 0 Å². The Morgan fingerprint density at radius 1 is 1.29 bits per heavy atom. The zero-order valence-corrected chi connectivity index (χ0v) is 13.2. The third kappa shape index (κ3) is 2.82. The van der Waals surface area contributed by atoms with Crippen molar-refractivity contribution in [1.82, 2.24) is 5.32 Å². The van der Waals surface area contributed by atoms with Crippen LogP contribution in [0.25, 0.3) is 0 Å². The minimum Gasteiger partial charge on any atom is -0.490 e. The van der Waals surface area contributed by atoms with Crippen LogP contribution in [0.3, 0.4) is 0 Å². The molecule has 1 aromatic carbocycles. The second-order valence-corrected chi connectivity index (χ2v) is 6.47. The predicted molar refractivity (Wildman–Crippen MR) is 84.6 cm³/mol. The highest BCUT2D eigenvalue weighted by molar-refractivity contribution is 5.29. The van der Waals surface area contributed by atoms with Gasteiger partial charge in [0.25, 0.3) is 0 Å². The van der Waals surface area contributed by atoms with Gasteiger partial charge in [0.1, 0.15) is 11.9 Å². The SMILES string of the molecule is CCNC1CC(Oc2cccc(COC)c2)C12CCCC2. The molecule has 2 fully saturated rings. The van der Waals surface area contributed by atoms with Crippen LogP contribution in [0, 0.1) is 5.41 Å². The van der Waals surface area contributed by atoms with E-state index in [2.05, 4.69) is 36.5 Å². The van der Waals surface area contributed by atoms with Crippen molar-refractivity contribution in [2.24, 2.45) is 5.41 Å². The average Bonchev–Trinajstić information content (AvgIpc) is 3.00. The molecule has 2 saturated carbocycles. The van der Waals surface area contributed by atoms with E-state index in [9.17, 15) is 0 Å². The molecule has 0 bridgehead atoms. The van der Waals surface area contributed by atoms with E-state index in [0.717, 1.165) is 18.7 Å². The van der Waals surface area contributed by atoms with E-state index < -0.39 is 0 Å². The molecule has 1 aromatic rings. The fourth-order valence-electron chi connectivity index (χ4n) is 4.19. The molecule has 0 aromatic heterocycles. The lowest BCUT2D eigenvalue weighted by Crippen LogP contribution is -2.63. The van der Waals surface area contributed by atoms with Gasteiger partial charge in [-0.05, 0) is 37.1 Å². The molecule has 2 atom stereocenters. The van der Waals surface area contributed by atoms with Crippen LogP contribution < -0.4 is 10.1 Å². The van der Waals surface area contributed by atoms with Crippen molar-refractivity contribution in [2.45, 2.75) is 57.8 Å². The summed E-state index contributed by atoms with van der Waals surface area (Å²) in [5.74, 6) is 0.996. The van der Waals surface area contributed by atoms with E-state index in [4.69, 9.17) is 9.47 Å². The number of nitrogens with one attached hydrogen (secondary N) is 1. The molecule has 1 N–H and O–H groups in total. The van der Waals surface area contributed by atoms with Crippen molar-refractivity contribution in [2.75, 3.05) is 13.7 Å². The molecule has 0 radical (unpaired) electrons. The fraction of sp³-hybridized carbons (Fsp3) is 0.667. The zero-order chi connectivity index (χ0) is 14.7. The Morgan fingerprint density at radius 2 is 2.10 bits per heavy atom. The molecule has 0 amide bonds. The molecule has 21 heavy (non-hydrogen) atoms. The first-order valence-corrected chi connectivity index (χ1v) is 8.26. The molecule has 1 spiro atoms. The van der Waals surface area contributed by atoms with Gasteiger partial charge in [-0.3, -0.25) is 0 Å². The molecule has 3 heteroatoms. The van der Waals surface area contributed by atoms with Crippen molar-refractivity contribution in [3.8, 4) is 5.75 Å². The summed E-state index contributed by atoms with van der Waals surface area (Å²) in [4.78, 5) is 0. The van der Waals surface area contributed by atoms with Crippen molar-refractivity contribution in [3.63, 3.8) is 0 Å². The summed E-state index contributed by atoms with van der Waals surface area (Å²) in [7, 11) is 1.73. The molecule has 3 nitrogen and oxygen atoms in total. The summed E-state index contributed by atoms with van der Waals surface area (Å²) >= 11 is 0. The van der Waals surface area contributed by atoms with Gasteiger partial charge in [0, 0.05) is 25.0 Å². The van der Waals surface area contributed by atoms with Crippen LogP contribution in [-0.4, -0.2) is 25.8 Å². The van der Waals surface area contributed by atoms with Gasteiger partial charge in [-0.1, -0.05) is 31.9 Å². The first kappa shape index (κ1) is 14.9. The maximum atomic E-state index is 6.36. The molecule has 2 aliphatic carbocycles. The van der Waals surface area contributed by atoms with E-state index in [1.54, 1.807) is 7.11 Å². The Balaban J connectivity index is 1.69. The molecule has 0 heterocycles. The second kappa shape index (κ2) is 6.37. The van der Waals surface area contributed by atoms with E-state index in [1.807, 2.05) is 0 Å². The Bertz CT molecular complexity index is 468. The Labute approximate surface area is 128 Å². The molecule has 0 aliphatic heterocycles. The largest absolute Gasteiger partial charge is 0.490 e. The highest BCUT2D eigenvalue weighted by Gasteiger charge is 2.57. The van der Waals surface area contributed by atoms with Crippen molar-refractivity contribution in [3.05, 3.63) is 29.8 Å². The molecular formula is C18H27NO2. The van der Waals surface area contributed by atoms with Crippen LogP contribution in [0.15, 0.2) is 24.3 Å². The first-order chi connectivity index (χ1) is 10.3. The molecule has 2 aliphatic rings. The summed E-state index contributed by atoms with van der Waals surface area (Å²) < 4.78 is 11.6. The van der Waals surface area contributed by atoms with Gasteiger partial charge in [0.15, 0.2) is 0 Å². The van der Waals surface area contributed by atoms with Gasteiger partial charge in [0.2, 0.25) is 0 Å². The summed E-state index contributed by atoms with van der Waals surface area (Å²) in [5, 5.41) is 3.66. The van der Waals surface area contributed by atoms with E-state index >= 15 is 0 Å². The second-order valence-electron chi connectivity index (χ2n) is 6.47. The van der Waals surface area contributed by atoms with Crippen LogP contribution >= 0.6 is 0 Å². The summed E-state index contributed by atoms with van der Waals surface area (Å²) in [6.45, 7) is 3.90. The lowest BCUT2D eigenvalue weighted by atomic mass is 9.60. The van der Waals surface area contributed by atoms with Crippen molar-refractivity contribution < 1.29 is 9.47 Å². The monoisotopic (exact) mass is 289 g/mol. The minimum atomic E-state index is 0.377. The summed E-state index contributed by atoms with van der Waals surface area (Å²) in [6, 6.07) is 8.99. The number of methoxy groups -OCH3 is 1. The standard InChI is InChI=1S/C18H27NO2/c1-3-19-16-12-17(18(16)9-4-5-10-18)21-15-8-6-7-14(11-15)13-20-2/h6-8,11,16-17,19H,3-5,9-10,12-13H2,1-2H3. The Hall–Kier alpha value is -1.06. The fourth-order valence-corrected chi connectivity index (χ4v) is 4.19. The number of hydrogen-bond acceptors (Lipinski definition) is 3. The summed E-state index contributed by atoms with van der Waals surface area (Å²) in [5.41, 5.74) is 1.56. The molecule has 0 saturated heterocycles.